The second-order valence-electron chi connectivity index (χ2n) is 4.33. The molecule has 0 bridgehead atoms. The van der Waals surface area contributed by atoms with Crippen molar-refractivity contribution in [3.05, 3.63) is 56.4 Å². The van der Waals surface area contributed by atoms with Crippen LogP contribution in [0.4, 0.5) is 4.39 Å². The molecule has 1 N–H and O–H groups in total. The Morgan fingerprint density at radius 3 is 2.61 bits per heavy atom. The largest absolute Gasteiger partial charge is 0.304 e. The molecule has 0 saturated carbocycles. The third-order valence-electron chi connectivity index (χ3n) is 2.97. The van der Waals surface area contributed by atoms with Gasteiger partial charge in [0.05, 0.1) is 0 Å². The number of nitrogens with one attached hydrogen (secondary N) is 1. The SMILES string of the molecule is CC(NC(C)c1ccc(F)cc1Br)c1ccsc1. The molecule has 0 aliphatic heterocycles. The van der Waals surface area contributed by atoms with Crippen LogP contribution in [0.2, 0.25) is 0 Å². The van der Waals surface area contributed by atoms with Crippen LogP contribution in [-0.2, 0) is 0 Å². The van der Waals surface area contributed by atoms with E-state index in [1.165, 1.54) is 17.7 Å². The predicted octanol–water partition coefficient (Wildman–Crippen LogP) is 5.06. The molecule has 1 heterocycles. The fraction of sp³-hybridized carbons (Fsp3) is 0.286. The van der Waals surface area contributed by atoms with E-state index >= 15 is 0 Å². The molecule has 2 rings (SSSR count). The zero-order valence-corrected chi connectivity index (χ0v) is 12.7. The van der Waals surface area contributed by atoms with Crippen LogP contribution >= 0.6 is 27.3 Å². The van der Waals surface area contributed by atoms with Gasteiger partial charge < -0.3 is 5.32 Å². The molecule has 0 saturated heterocycles. The highest BCUT2D eigenvalue weighted by Gasteiger charge is 2.14. The van der Waals surface area contributed by atoms with Gasteiger partial charge in [0.15, 0.2) is 0 Å². The first kappa shape index (κ1) is 13.7. The number of hydrogen-bond donors (Lipinski definition) is 1. The zero-order chi connectivity index (χ0) is 13.1. The van der Waals surface area contributed by atoms with Gasteiger partial charge >= 0.3 is 0 Å². The van der Waals surface area contributed by atoms with Crippen molar-refractivity contribution in [1.82, 2.24) is 5.32 Å². The summed E-state index contributed by atoms with van der Waals surface area (Å²) >= 11 is 5.11. The Bertz CT molecular complexity index is 513. The molecule has 2 aromatic rings. The fourth-order valence-corrected chi connectivity index (χ4v) is 3.38. The lowest BCUT2D eigenvalue weighted by atomic mass is 10.1. The lowest BCUT2D eigenvalue weighted by Gasteiger charge is -2.21. The van der Waals surface area contributed by atoms with Crippen molar-refractivity contribution >= 4 is 27.3 Å². The summed E-state index contributed by atoms with van der Waals surface area (Å²) in [4.78, 5) is 0. The van der Waals surface area contributed by atoms with Crippen molar-refractivity contribution in [2.75, 3.05) is 0 Å². The van der Waals surface area contributed by atoms with Gasteiger partial charge in [0.1, 0.15) is 5.82 Å². The number of thiophene rings is 1. The molecule has 2 atom stereocenters. The number of rotatable bonds is 4. The van der Waals surface area contributed by atoms with E-state index in [0.29, 0.717) is 0 Å². The summed E-state index contributed by atoms with van der Waals surface area (Å²) in [5, 5.41) is 7.73. The Balaban J connectivity index is 2.10. The molecule has 18 heavy (non-hydrogen) atoms. The summed E-state index contributed by atoms with van der Waals surface area (Å²) in [5.74, 6) is -0.219. The molecule has 0 amide bonds. The molecule has 0 spiro atoms. The van der Waals surface area contributed by atoms with Crippen molar-refractivity contribution in [2.24, 2.45) is 0 Å². The molecule has 0 aliphatic rings. The van der Waals surface area contributed by atoms with Crippen LogP contribution in [0.3, 0.4) is 0 Å². The van der Waals surface area contributed by atoms with Crippen molar-refractivity contribution in [3.8, 4) is 0 Å². The molecular formula is C14H15BrFNS. The molecule has 0 fully saturated rings. The predicted molar refractivity (Wildman–Crippen MR) is 78.4 cm³/mol. The van der Waals surface area contributed by atoms with Gasteiger partial charge in [-0.2, -0.15) is 11.3 Å². The molecule has 1 nitrogen and oxygen atoms in total. The fourth-order valence-electron chi connectivity index (χ4n) is 1.94. The second kappa shape index (κ2) is 5.95. The highest BCUT2D eigenvalue weighted by Crippen LogP contribution is 2.27. The minimum atomic E-state index is -0.219. The van der Waals surface area contributed by atoms with E-state index in [9.17, 15) is 4.39 Å². The summed E-state index contributed by atoms with van der Waals surface area (Å²) < 4.78 is 13.9. The average Bonchev–Trinajstić information content (AvgIpc) is 2.81. The summed E-state index contributed by atoms with van der Waals surface area (Å²) in [7, 11) is 0. The number of benzene rings is 1. The minimum absolute atomic E-state index is 0.162. The number of halogens is 2. The average molecular weight is 328 g/mol. The Labute approximate surface area is 119 Å². The first-order chi connectivity index (χ1) is 8.58. The van der Waals surface area contributed by atoms with Gasteiger partial charge in [0.2, 0.25) is 0 Å². The van der Waals surface area contributed by atoms with Crippen LogP contribution in [0.15, 0.2) is 39.5 Å². The first-order valence-electron chi connectivity index (χ1n) is 5.81. The molecule has 1 aromatic heterocycles. The van der Waals surface area contributed by atoms with E-state index in [4.69, 9.17) is 0 Å². The molecule has 2 unspecified atom stereocenters. The van der Waals surface area contributed by atoms with E-state index in [2.05, 4.69) is 51.9 Å². The summed E-state index contributed by atoms with van der Waals surface area (Å²) in [6, 6.07) is 7.38. The van der Waals surface area contributed by atoms with Gasteiger partial charge in [0, 0.05) is 16.6 Å². The minimum Gasteiger partial charge on any atom is -0.304 e. The van der Waals surface area contributed by atoms with Crippen LogP contribution in [0.5, 0.6) is 0 Å². The van der Waals surface area contributed by atoms with Gasteiger partial charge in [-0.3, -0.25) is 0 Å². The van der Waals surface area contributed by atoms with Crippen molar-refractivity contribution in [1.29, 1.82) is 0 Å². The van der Waals surface area contributed by atoms with E-state index in [-0.39, 0.29) is 17.9 Å². The van der Waals surface area contributed by atoms with Gasteiger partial charge in [-0.25, -0.2) is 4.39 Å². The van der Waals surface area contributed by atoms with Gasteiger partial charge in [0.25, 0.3) is 0 Å². The maximum absolute atomic E-state index is 13.0. The van der Waals surface area contributed by atoms with E-state index in [1.807, 2.05) is 6.07 Å². The smallest absolute Gasteiger partial charge is 0.124 e. The van der Waals surface area contributed by atoms with Crippen LogP contribution in [0, 0.1) is 5.82 Å². The molecule has 0 radical (unpaired) electrons. The van der Waals surface area contributed by atoms with Crippen molar-refractivity contribution < 1.29 is 4.39 Å². The third kappa shape index (κ3) is 3.19. The van der Waals surface area contributed by atoms with Gasteiger partial charge in [-0.05, 0) is 53.9 Å². The van der Waals surface area contributed by atoms with Crippen molar-refractivity contribution in [2.45, 2.75) is 25.9 Å². The van der Waals surface area contributed by atoms with E-state index < -0.39 is 0 Å². The zero-order valence-electron chi connectivity index (χ0n) is 10.3. The third-order valence-corrected chi connectivity index (χ3v) is 4.36. The number of hydrogen-bond acceptors (Lipinski definition) is 2. The first-order valence-corrected chi connectivity index (χ1v) is 7.54. The lowest BCUT2D eigenvalue weighted by Crippen LogP contribution is -2.22. The highest BCUT2D eigenvalue weighted by molar-refractivity contribution is 9.10. The lowest BCUT2D eigenvalue weighted by molar-refractivity contribution is 0.493. The molecule has 0 aliphatic carbocycles. The maximum atomic E-state index is 13.0. The summed E-state index contributed by atoms with van der Waals surface area (Å²) in [6.07, 6.45) is 0. The molecule has 96 valence electrons. The quantitative estimate of drug-likeness (QED) is 0.827. The van der Waals surface area contributed by atoms with Gasteiger partial charge in [-0.1, -0.05) is 22.0 Å². The van der Waals surface area contributed by atoms with Crippen LogP contribution in [0.1, 0.15) is 37.1 Å². The molecule has 1 aromatic carbocycles. The summed E-state index contributed by atoms with van der Waals surface area (Å²) in [6.45, 7) is 4.22. The Morgan fingerprint density at radius 1 is 1.22 bits per heavy atom. The maximum Gasteiger partial charge on any atom is 0.124 e. The van der Waals surface area contributed by atoms with Crippen molar-refractivity contribution in [3.63, 3.8) is 0 Å². The van der Waals surface area contributed by atoms with Crippen LogP contribution < -0.4 is 5.32 Å². The second-order valence-corrected chi connectivity index (χ2v) is 5.97. The van der Waals surface area contributed by atoms with E-state index in [1.54, 1.807) is 11.3 Å². The summed E-state index contributed by atoms with van der Waals surface area (Å²) in [5.41, 5.74) is 2.35. The highest BCUT2D eigenvalue weighted by atomic mass is 79.9. The standard InChI is InChI=1S/C14H15BrFNS/c1-9(11-5-6-18-8-11)17-10(2)13-4-3-12(16)7-14(13)15/h3-10,17H,1-2H3. The monoisotopic (exact) mass is 327 g/mol. The van der Waals surface area contributed by atoms with Gasteiger partial charge in [-0.15, -0.1) is 0 Å². The van der Waals surface area contributed by atoms with E-state index in [0.717, 1.165) is 10.0 Å². The molecule has 4 heteroatoms. The topological polar surface area (TPSA) is 12.0 Å². The Morgan fingerprint density at radius 2 is 2.00 bits per heavy atom. The van der Waals surface area contributed by atoms with Crippen LogP contribution in [-0.4, -0.2) is 0 Å². The normalized spacial score (nSPS) is 14.4. The Hall–Kier alpha value is -0.710. The molecular weight excluding hydrogens is 313 g/mol. The Kier molecular flexibility index (Phi) is 4.54. The van der Waals surface area contributed by atoms with Crippen LogP contribution in [0.25, 0.3) is 0 Å².